The predicted molar refractivity (Wildman–Crippen MR) is 58.1 cm³/mol. The minimum Gasteiger partial charge on any atom is -0.505 e. The molecule has 0 aliphatic heterocycles. The van der Waals surface area contributed by atoms with Crippen molar-refractivity contribution in [1.82, 2.24) is 4.98 Å². The summed E-state index contributed by atoms with van der Waals surface area (Å²) in [6.45, 7) is 1.38. The molecule has 0 aliphatic carbocycles. The number of hydrogen-bond acceptors (Lipinski definition) is 5. The summed E-state index contributed by atoms with van der Waals surface area (Å²) >= 11 is 5.43. The van der Waals surface area contributed by atoms with E-state index in [9.17, 15) is 23.1 Å². The van der Waals surface area contributed by atoms with Gasteiger partial charge in [-0.3, -0.25) is 4.98 Å². The number of aromatic nitrogens is 1. The quantitative estimate of drug-likeness (QED) is 0.683. The number of carbonyl (C=O) groups is 1. The Balaban J connectivity index is 3.30. The highest BCUT2D eigenvalue weighted by atomic mass is 35.5. The zero-order valence-corrected chi connectivity index (χ0v) is 10.4. The zero-order chi connectivity index (χ0) is 14.6. The van der Waals surface area contributed by atoms with E-state index in [-0.39, 0.29) is 18.2 Å². The molecule has 1 rings (SSSR count). The van der Waals surface area contributed by atoms with Gasteiger partial charge < -0.3 is 14.6 Å². The summed E-state index contributed by atoms with van der Waals surface area (Å²) in [7, 11) is 0. The molecular weight excluding hydrogens is 291 g/mol. The maximum absolute atomic E-state index is 12.2. The molecule has 106 valence electrons. The number of rotatable bonds is 4. The van der Waals surface area contributed by atoms with Crippen LogP contribution in [0.15, 0.2) is 6.20 Å². The number of halogens is 4. The van der Waals surface area contributed by atoms with Crippen LogP contribution in [-0.2, 0) is 10.6 Å². The third-order valence-electron chi connectivity index (χ3n) is 1.93. The van der Waals surface area contributed by atoms with E-state index in [1.165, 1.54) is 6.92 Å². The van der Waals surface area contributed by atoms with Crippen LogP contribution in [0.3, 0.4) is 0 Å². The van der Waals surface area contributed by atoms with Crippen LogP contribution in [0.1, 0.15) is 23.0 Å². The Morgan fingerprint density at radius 3 is 2.63 bits per heavy atom. The third-order valence-corrected chi connectivity index (χ3v) is 2.18. The van der Waals surface area contributed by atoms with Crippen LogP contribution in [-0.4, -0.2) is 29.0 Å². The van der Waals surface area contributed by atoms with Crippen LogP contribution in [0.25, 0.3) is 0 Å². The minimum atomic E-state index is -5.03. The van der Waals surface area contributed by atoms with Crippen molar-refractivity contribution in [3.05, 3.63) is 17.5 Å². The van der Waals surface area contributed by atoms with E-state index in [4.69, 9.17) is 11.6 Å². The molecule has 0 saturated carbocycles. The number of pyridine rings is 1. The normalized spacial score (nSPS) is 11.2. The van der Waals surface area contributed by atoms with Crippen molar-refractivity contribution in [3.63, 3.8) is 0 Å². The molecule has 9 heteroatoms. The number of nitrogens with zero attached hydrogens (tertiary/aromatic N) is 1. The van der Waals surface area contributed by atoms with Crippen LogP contribution >= 0.6 is 11.6 Å². The van der Waals surface area contributed by atoms with Crippen LogP contribution in [0.4, 0.5) is 13.2 Å². The fraction of sp³-hybridized carbons (Fsp3) is 0.400. The molecular formula is C10H9ClF3NO4. The molecule has 0 aromatic carbocycles. The first-order valence-electron chi connectivity index (χ1n) is 4.99. The molecule has 0 spiro atoms. The summed E-state index contributed by atoms with van der Waals surface area (Å²) in [6.07, 6.45) is -4.38. The van der Waals surface area contributed by atoms with Crippen LogP contribution in [0.5, 0.6) is 11.5 Å². The highest BCUT2D eigenvalue weighted by Crippen LogP contribution is 2.34. The van der Waals surface area contributed by atoms with Gasteiger partial charge >= 0.3 is 12.3 Å². The van der Waals surface area contributed by atoms with Crippen LogP contribution < -0.4 is 4.74 Å². The van der Waals surface area contributed by atoms with E-state index in [2.05, 4.69) is 14.5 Å². The van der Waals surface area contributed by atoms with Gasteiger partial charge in [0.1, 0.15) is 5.56 Å². The number of aromatic hydroxyl groups is 1. The second kappa shape index (κ2) is 5.96. The summed E-state index contributed by atoms with van der Waals surface area (Å²) in [4.78, 5) is 15.0. The maximum atomic E-state index is 12.2. The van der Waals surface area contributed by atoms with Gasteiger partial charge in [0.15, 0.2) is 11.5 Å². The first-order valence-corrected chi connectivity index (χ1v) is 5.53. The zero-order valence-electron chi connectivity index (χ0n) is 9.62. The average molecular weight is 300 g/mol. The van der Waals surface area contributed by atoms with Gasteiger partial charge in [-0.25, -0.2) is 4.79 Å². The highest BCUT2D eigenvalue weighted by molar-refractivity contribution is 6.17. The van der Waals surface area contributed by atoms with E-state index in [1.807, 2.05) is 0 Å². The van der Waals surface area contributed by atoms with Gasteiger partial charge in [-0.1, -0.05) is 0 Å². The summed E-state index contributed by atoms with van der Waals surface area (Å²) in [6, 6.07) is 0. The van der Waals surface area contributed by atoms with Gasteiger partial charge in [-0.2, -0.15) is 0 Å². The molecule has 0 bridgehead atoms. The largest absolute Gasteiger partial charge is 0.573 e. The Morgan fingerprint density at radius 1 is 1.53 bits per heavy atom. The molecule has 0 fully saturated rings. The lowest BCUT2D eigenvalue weighted by molar-refractivity contribution is -0.274. The molecule has 1 heterocycles. The van der Waals surface area contributed by atoms with Gasteiger partial charge in [-0.15, -0.1) is 24.8 Å². The Morgan fingerprint density at radius 2 is 2.16 bits per heavy atom. The van der Waals surface area contributed by atoms with E-state index >= 15 is 0 Å². The molecule has 1 aromatic heterocycles. The minimum absolute atomic E-state index is 0.0811. The van der Waals surface area contributed by atoms with Crippen molar-refractivity contribution in [1.29, 1.82) is 0 Å². The number of ether oxygens (including phenoxy) is 2. The average Bonchev–Trinajstić information content (AvgIpc) is 2.27. The number of alkyl halides is 4. The monoisotopic (exact) mass is 299 g/mol. The van der Waals surface area contributed by atoms with Crippen molar-refractivity contribution < 1.29 is 32.5 Å². The molecule has 0 unspecified atom stereocenters. The lowest BCUT2D eigenvalue weighted by atomic mass is 10.2. The van der Waals surface area contributed by atoms with Crippen molar-refractivity contribution in [2.45, 2.75) is 19.2 Å². The Labute approximate surface area is 110 Å². The third kappa shape index (κ3) is 3.88. The molecule has 0 atom stereocenters. The standard InChI is InChI=1S/C10H9ClF3NO4/c1-2-18-9(17)7-6(19-10(12,13)14)4-15-5(3-11)8(7)16/h4,16H,2-3H2,1H3. The Hall–Kier alpha value is -1.70. The van der Waals surface area contributed by atoms with E-state index in [0.29, 0.717) is 6.20 Å². The second-order valence-electron chi connectivity index (χ2n) is 3.19. The number of esters is 1. The summed E-state index contributed by atoms with van der Waals surface area (Å²) < 4.78 is 44.7. The lowest BCUT2D eigenvalue weighted by Crippen LogP contribution is -2.20. The van der Waals surface area contributed by atoms with Gasteiger partial charge in [0.2, 0.25) is 0 Å². The highest BCUT2D eigenvalue weighted by Gasteiger charge is 2.35. The first-order chi connectivity index (χ1) is 8.80. The number of carbonyl (C=O) groups excluding carboxylic acids is 1. The fourth-order valence-electron chi connectivity index (χ4n) is 1.22. The molecule has 0 saturated heterocycles. The molecule has 0 aliphatic rings. The van der Waals surface area contributed by atoms with Crippen LogP contribution in [0.2, 0.25) is 0 Å². The smallest absolute Gasteiger partial charge is 0.505 e. The summed E-state index contributed by atoms with van der Waals surface area (Å²) in [5, 5.41) is 9.67. The molecule has 1 aromatic rings. The maximum Gasteiger partial charge on any atom is 0.573 e. The van der Waals surface area contributed by atoms with E-state index in [1.54, 1.807) is 0 Å². The van der Waals surface area contributed by atoms with Crippen molar-refractivity contribution in [2.75, 3.05) is 6.61 Å². The SMILES string of the molecule is CCOC(=O)c1c(OC(F)(F)F)cnc(CCl)c1O. The molecule has 5 nitrogen and oxygen atoms in total. The molecule has 0 amide bonds. The van der Waals surface area contributed by atoms with Crippen LogP contribution in [0, 0.1) is 0 Å². The van der Waals surface area contributed by atoms with Crippen molar-refractivity contribution in [3.8, 4) is 11.5 Å². The van der Waals surface area contributed by atoms with Gasteiger partial charge in [0.05, 0.1) is 24.4 Å². The summed E-state index contributed by atoms with van der Waals surface area (Å²) in [5.74, 6) is -3.19. The second-order valence-corrected chi connectivity index (χ2v) is 3.46. The lowest BCUT2D eigenvalue weighted by Gasteiger charge is -2.14. The van der Waals surface area contributed by atoms with Gasteiger partial charge in [-0.05, 0) is 6.92 Å². The molecule has 1 N–H and O–H groups in total. The van der Waals surface area contributed by atoms with Gasteiger partial charge in [0.25, 0.3) is 0 Å². The Bertz CT molecular complexity index is 479. The van der Waals surface area contributed by atoms with E-state index in [0.717, 1.165) is 0 Å². The van der Waals surface area contributed by atoms with E-state index < -0.39 is 29.4 Å². The first kappa shape index (κ1) is 15.4. The summed E-state index contributed by atoms with van der Waals surface area (Å²) in [5.41, 5.74) is -0.913. The van der Waals surface area contributed by atoms with Crippen molar-refractivity contribution in [2.24, 2.45) is 0 Å². The fourth-order valence-corrected chi connectivity index (χ4v) is 1.42. The van der Waals surface area contributed by atoms with Gasteiger partial charge in [0, 0.05) is 0 Å². The topological polar surface area (TPSA) is 68.7 Å². The predicted octanol–water partition coefficient (Wildman–Crippen LogP) is 2.60. The van der Waals surface area contributed by atoms with Crippen molar-refractivity contribution >= 4 is 17.6 Å². The molecule has 0 radical (unpaired) electrons. The Kier molecular flexibility index (Phi) is 4.82. The number of hydrogen-bond donors (Lipinski definition) is 1. The molecule has 19 heavy (non-hydrogen) atoms.